The molecule has 1 aromatic rings. The summed E-state index contributed by atoms with van der Waals surface area (Å²) in [5.74, 6) is 0.895. The molecule has 0 radical (unpaired) electrons. The second kappa shape index (κ2) is 8.64. The Morgan fingerprint density at radius 3 is 2.00 bits per heavy atom. The maximum atomic E-state index is 13.4. The van der Waals surface area contributed by atoms with E-state index in [-0.39, 0.29) is 17.2 Å². The molecule has 31 heavy (non-hydrogen) atoms. The summed E-state index contributed by atoms with van der Waals surface area (Å²) in [7, 11) is 0. The highest BCUT2D eigenvalue weighted by Gasteiger charge is 2.55. The first-order valence-corrected chi connectivity index (χ1v) is 11.6. The monoisotopic (exact) mass is 426 g/mol. The van der Waals surface area contributed by atoms with E-state index < -0.39 is 24.0 Å². The molecule has 1 aromatic carbocycles. The Bertz CT molecular complexity index is 800. The van der Waals surface area contributed by atoms with Crippen molar-refractivity contribution >= 4 is 23.5 Å². The van der Waals surface area contributed by atoms with Gasteiger partial charge < -0.3 is 15.4 Å². The number of benzene rings is 1. The third-order valence-corrected chi connectivity index (χ3v) is 7.43. The molecule has 0 heterocycles. The predicted octanol–water partition coefficient (Wildman–Crippen LogP) is 3.91. The number of nitrogens with one attached hydrogen (secondary N) is 2. The molecule has 0 aromatic heterocycles. The molecule has 4 saturated carbocycles. The summed E-state index contributed by atoms with van der Waals surface area (Å²) < 4.78 is 5.46. The lowest BCUT2D eigenvalue weighted by molar-refractivity contribution is -0.160. The fourth-order valence-electron chi connectivity index (χ4n) is 6.25. The summed E-state index contributed by atoms with van der Waals surface area (Å²) in [5, 5.41) is 5.76. The van der Waals surface area contributed by atoms with E-state index in [4.69, 9.17) is 4.74 Å². The molecule has 6 heteroatoms. The molecule has 2 atom stereocenters. The van der Waals surface area contributed by atoms with Gasteiger partial charge in [0, 0.05) is 11.1 Å². The summed E-state index contributed by atoms with van der Waals surface area (Å²) in [6.45, 7) is 5.33. The van der Waals surface area contributed by atoms with Gasteiger partial charge in [0.1, 0.15) is 6.04 Å². The molecule has 2 amide bonds. The Morgan fingerprint density at radius 1 is 0.935 bits per heavy atom. The first-order chi connectivity index (χ1) is 14.8. The fraction of sp³-hybridized carbons (Fsp3) is 0.640. The Balaban J connectivity index is 1.37. The molecular formula is C25H34N2O4. The van der Waals surface area contributed by atoms with E-state index in [1.165, 1.54) is 19.3 Å². The minimum Gasteiger partial charge on any atom is -0.451 e. The highest BCUT2D eigenvalue weighted by molar-refractivity contribution is 5.96. The lowest BCUT2D eigenvalue weighted by atomic mass is 9.49. The van der Waals surface area contributed by atoms with Crippen molar-refractivity contribution in [3.63, 3.8) is 0 Å². The number of carbonyl (C=O) groups is 3. The molecule has 4 aliphatic carbocycles. The number of amides is 2. The van der Waals surface area contributed by atoms with Crippen molar-refractivity contribution in [3.05, 3.63) is 30.3 Å². The van der Waals surface area contributed by atoms with E-state index in [1.807, 2.05) is 32.0 Å². The zero-order chi connectivity index (χ0) is 22.2. The Kier molecular flexibility index (Phi) is 6.09. The van der Waals surface area contributed by atoms with E-state index >= 15 is 0 Å². The summed E-state index contributed by atoms with van der Waals surface area (Å²) in [6, 6.07) is 8.29. The number of anilines is 1. The van der Waals surface area contributed by atoms with Crippen molar-refractivity contribution in [1.82, 2.24) is 5.32 Å². The molecule has 168 valence electrons. The van der Waals surface area contributed by atoms with E-state index in [0.717, 1.165) is 19.3 Å². The van der Waals surface area contributed by atoms with Gasteiger partial charge >= 0.3 is 5.97 Å². The predicted molar refractivity (Wildman–Crippen MR) is 118 cm³/mol. The quantitative estimate of drug-likeness (QED) is 0.648. The highest BCUT2D eigenvalue weighted by Crippen LogP contribution is 2.60. The summed E-state index contributed by atoms with van der Waals surface area (Å²) in [6.07, 6.45) is 5.66. The summed E-state index contributed by atoms with van der Waals surface area (Å²) >= 11 is 0. The van der Waals surface area contributed by atoms with Crippen molar-refractivity contribution in [2.75, 3.05) is 5.32 Å². The van der Waals surface area contributed by atoms with Gasteiger partial charge in [-0.1, -0.05) is 32.0 Å². The van der Waals surface area contributed by atoms with Crippen molar-refractivity contribution in [1.29, 1.82) is 0 Å². The summed E-state index contributed by atoms with van der Waals surface area (Å²) in [4.78, 5) is 38.7. The van der Waals surface area contributed by atoms with Gasteiger partial charge in [0.25, 0.3) is 5.91 Å². The number of hydrogen-bond acceptors (Lipinski definition) is 4. The zero-order valence-electron chi connectivity index (χ0n) is 18.7. The van der Waals surface area contributed by atoms with Crippen LogP contribution in [-0.2, 0) is 19.1 Å². The van der Waals surface area contributed by atoms with Gasteiger partial charge in [-0.2, -0.15) is 0 Å². The number of para-hydroxylation sites is 1. The van der Waals surface area contributed by atoms with Crippen LogP contribution in [0.25, 0.3) is 0 Å². The second-order valence-corrected chi connectivity index (χ2v) is 10.3. The molecular weight excluding hydrogens is 392 g/mol. The van der Waals surface area contributed by atoms with E-state index in [2.05, 4.69) is 10.6 Å². The second-order valence-electron chi connectivity index (χ2n) is 10.3. The van der Waals surface area contributed by atoms with Crippen molar-refractivity contribution in [2.24, 2.45) is 29.1 Å². The van der Waals surface area contributed by atoms with Crippen molar-refractivity contribution in [3.8, 4) is 0 Å². The minimum absolute atomic E-state index is 0.00337. The number of ether oxygens (including phenoxy) is 1. The van der Waals surface area contributed by atoms with Crippen molar-refractivity contribution in [2.45, 2.75) is 71.4 Å². The van der Waals surface area contributed by atoms with Crippen molar-refractivity contribution < 1.29 is 19.1 Å². The first kappa shape index (κ1) is 21.8. The highest BCUT2D eigenvalue weighted by atomic mass is 16.5. The molecule has 4 bridgehead atoms. The van der Waals surface area contributed by atoms with Crippen LogP contribution in [0.15, 0.2) is 30.3 Å². The fourth-order valence-corrected chi connectivity index (χ4v) is 6.25. The molecule has 4 fully saturated rings. The van der Waals surface area contributed by atoms with Crippen LogP contribution in [0, 0.1) is 29.1 Å². The van der Waals surface area contributed by atoms with E-state index in [9.17, 15) is 14.4 Å². The number of hydrogen-bond donors (Lipinski definition) is 2. The Hall–Kier alpha value is -2.37. The first-order valence-electron chi connectivity index (χ1n) is 11.6. The van der Waals surface area contributed by atoms with Gasteiger partial charge in [-0.05, 0) is 81.3 Å². The maximum absolute atomic E-state index is 13.4. The Morgan fingerprint density at radius 2 is 1.48 bits per heavy atom. The van der Waals surface area contributed by atoms with E-state index in [1.54, 1.807) is 19.1 Å². The maximum Gasteiger partial charge on any atom is 0.329 e. The molecule has 0 aliphatic heterocycles. The van der Waals surface area contributed by atoms with Gasteiger partial charge in [-0.15, -0.1) is 0 Å². The number of esters is 1. The van der Waals surface area contributed by atoms with Gasteiger partial charge in [0.15, 0.2) is 6.10 Å². The molecule has 4 aliphatic rings. The Labute approximate surface area is 184 Å². The SMILES string of the molecule is CC(C)[C@@H](NC(=O)C12CC3CC(CC(C3)C1)C2)C(=O)O[C@@H](C)C(=O)Nc1ccccc1. The average Bonchev–Trinajstić information content (AvgIpc) is 2.71. The van der Waals surface area contributed by atoms with Crippen LogP contribution in [0.5, 0.6) is 0 Å². The third kappa shape index (κ3) is 4.63. The number of carbonyl (C=O) groups excluding carboxylic acids is 3. The topological polar surface area (TPSA) is 84.5 Å². The normalized spacial score (nSPS) is 30.5. The van der Waals surface area contributed by atoms with Crippen LogP contribution in [0.1, 0.15) is 59.3 Å². The third-order valence-electron chi connectivity index (χ3n) is 7.43. The summed E-state index contributed by atoms with van der Waals surface area (Å²) in [5.41, 5.74) is 0.323. The molecule has 6 nitrogen and oxygen atoms in total. The molecule has 0 saturated heterocycles. The standard InChI is InChI=1S/C25H34N2O4/c1-15(2)21(23(29)31-16(3)22(28)26-20-7-5-4-6-8-20)27-24(30)25-12-17-9-18(13-25)11-19(10-17)14-25/h4-8,15-19,21H,9-14H2,1-3H3,(H,26,28)(H,27,30)/t16-,17?,18?,19?,21+,25?/m0/s1. The lowest BCUT2D eigenvalue weighted by Crippen LogP contribution is -2.57. The van der Waals surface area contributed by atoms with Crippen LogP contribution in [0.3, 0.4) is 0 Å². The van der Waals surface area contributed by atoms with Gasteiger partial charge in [0.2, 0.25) is 5.91 Å². The van der Waals surface area contributed by atoms with Crippen LogP contribution < -0.4 is 10.6 Å². The minimum atomic E-state index is -0.953. The molecule has 0 unspecified atom stereocenters. The van der Waals surface area contributed by atoms with Gasteiger partial charge in [-0.3, -0.25) is 9.59 Å². The van der Waals surface area contributed by atoms with Crippen LogP contribution >= 0.6 is 0 Å². The van der Waals surface area contributed by atoms with Crippen LogP contribution in [0.2, 0.25) is 0 Å². The van der Waals surface area contributed by atoms with E-state index in [0.29, 0.717) is 23.4 Å². The zero-order valence-corrected chi connectivity index (χ0v) is 18.7. The van der Waals surface area contributed by atoms with Crippen LogP contribution in [0.4, 0.5) is 5.69 Å². The molecule has 2 N–H and O–H groups in total. The average molecular weight is 427 g/mol. The smallest absolute Gasteiger partial charge is 0.329 e. The van der Waals surface area contributed by atoms with Crippen LogP contribution in [-0.4, -0.2) is 29.9 Å². The molecule has 0 spiro atoms. The number of rotatable bonds is 7. The lowest BCUT2D eigenvalue weighted by Gasteiger charge is -2.55. The van der Waals surface area contributed by atoms with Gasteiger partial charge in [-0.25, -0.2) is 4.79 Å². The largest absolute Gasteiger partial charge is 0.451 e. The van der Waals surface area contributed by atoms with Gasteiger partial charge in [0.05, 0.1) is 0 Å². The molecule has 5 rings (SSSR count).